The minimum atomic E-state index is 0. The third kappa shape index (κ3) is 3.33. The fourth-order valence-corrected chi connectivity index (χ4v) is 0.853. The monoisotopic (exact) mass is 142 g/mol. The van der Waals surface area contributed by atoms with Crippen molar-refractivity contribution in [3.05, 3.63) is 0 Å². The molecule has 0 bridgehead atoms. The van der Waals surface area contributed by atoms with Gasteiger partial charge in [0.05, 0.1) is 0 Å². The first-order valence-corrected chi connectivity index (χ1v) is 2.94. The van der Waals surface area contributed by atoms with Crippen LogP contribution in [-0.2, 0) is 0 Å². The number of piperazine rings is 1. The number of nitrogens with one attached hydrogen (secondary N) is 1. The second kappa shape index (κ2) is 5.09. The average molecular weight is 142 g/mol. The van der Waals surface area contributed by atoms with Crippen molar-refractivity contribution in [2.24, 2.45) is 0 Å². The Labute approximate surface area is 77.8 Å². The third-order valence-corrected chi connectivity index (χ3v) is 1.49. The van der Waals surface area contributed by atoms with Crippen LogP contribution < -0.4 is 5.32 Å². The van der Waals surface area contributed by atoms with Crippen LogP contribution >= 0.6 is 12.8 Å². The molecule has 0 aliphatic carbocycles. The molecule has 0 saturated carbocycles. The van der Waals surface area contributed by atoms with Crippen LogP contribution in [0.2, 0.25) is 0 Å². The minimum absolute atomic E-state index is 0. The first-order chi connectivity index (χ1) is 3.39. The Morgan fingerprint density at radius 2 is 1.75 bits per heavy atom. The number of hydrogen-bond acceptors (Lipinski definition) is 3. The van der Waals surface area contributed by atoms with Gasteiger partial charge in [0.1, 0.15) is 0 Å². The van der Waals surface area contributed by atoms with Gasteiger partial charge in [0.2, 0.25) is 0 Å². The summed E-state index contributed by atoms with van der Waals surface area (Å²) in [7, 11) is 0. The zero-order valence-corrected chi connectivity index (χ0v) is 5.12. The van der Waals surface area contributed by atoms with E-state index in [-0.39, 0.29) is 29.6 Å². The predicted octanol–water partition coefficient (Wildman–Crippen LogP) is -0.912. The molecule has 0 radical (unpaired) electrons. The number of hydrogen-bond donors (Lipinski definition) is 2. The molecule has 8 heavy (non-hydrogen) atoms. The number of thiol groups is 1. The van der Waals surface area contributed by atoms with Gasteiger partial charge in [0.25, 0.3) is 0 Å². The summed E-state index contributed by atoms with van der Waals surface area (Å²) in [5.74, 6) is 0. The summed E-state index contributed by atoms with van der Waals surface area (Å²) in [5, 5.41) is 3.22. The Kier molecular flexibility index (Phi) is 5.89. The van der Waals surface area contributed by atoms with Crippen LogP contribution in [0.3, 0.4) is 0 Å². The van der Waals surface area contributed by atoms with Gasteiger partial charge >= 0.3 is 29.6 Å². The summed E-state index contributed by atoms with van der Waals surface area (Å²) in [6.45, 7) is 4.32. The van der Waals surface area contributed by atoms with Gasteiger partial charge in [-0.05, 0) is 0 Å². The van der Waals surface area contributed by atoms with E-state index in [2.05, 4.69) is 18.1 Å². The van der Waals surface area contributed by atoms with Gasteiger partial charge in [-0.1, -0.05) is 12.8 Å². The fraction of sp³-hybridized carbons (Fsp3) is 1.00. The first-order valence-electron chi connectivity index (χ1n) is 2.54. The van der Waals surface area contributed by atoms with E-state index in [4.69, 9.17) is 0 Å². The Bertz CT molecular complexity index is 56.0. The molecule has 2 nitrogen and oxygen atoms in total. The van der Waals surface area contributed by atoms with E-state index in [1.165, 1.54) is 0 Å². The number of nitrogens with zero attached hydrogens (tertiary/aromatic N) is 1. The van der Waals surface area contributed by atoms with Crippen LogP contribution in [-0.4, -0.2) is 60.0 Å². The summed E-state index contributed by atoms with van der Waals surface area (Å²) in [5.41, 5.74) is 0. The molecule has 1 rings (SSSR count). The number of rotatable bonds is 0. The van der Waals surface area contributed by atoms with Crippen LogP contribution in [0.25, 0.3) is 0 Å². The van der Waals surface area contributed by atoms with Crippen molar-refractivity contribution in [1.82, 2.24) is 9.62 Å². The fourth-order valence-electron chi connectivity index (χ4n) is 0.653. The van der Waals surface area contributed by atoms with E-state index in [1.807, 2.05) is 4.31 Å². The molecule has 0 aromatic rings. The Morgan fingerprint density at radius 3 is 2.00 bits per heavy atom. The molecule has 44 valence electrons. The molecule has 0 atom stereocenters. The summed E-state index contributed by atoms with van der Waals surface area (Å²) < 4.78 is 2.02. The van der Waals surface area contributed by atoms with E-state index < -0.39 is 0 Å². The molecule has 1 heterocycles. The van der Waals surface area contributed by atoms with E-state index in [1.54, 1.807) is 0 Å². The van der Waals surface area contributed by atoms with Crippen LogP contribution in [0.5, 0.6) is 0 Å². The molecule has 1 saturated heterocycles. The van der Waals surface area contributed by atoms with Crippen molar-refractivity contribution in [3.8, 4) is 0 Å². The van der Waals surface area contributed by atoms with Crippen LogP contribution in [0.1, 0.15) is 0 Å². The molecule has 0 spiro atoms. The van der Waals surface area contributed by atoms with Crippen LogP contribution in [0.4, 0.5) is 0 Å². The van der Waals surface area contributed by atoms with Crippen molar-refractivity contribution < 1.29 is 0 Å². The molecule has 1 aliphatic rings. The van der Waals surface area contributed by atoms with Crippen molar-refractivity contribution >= 4 is 42.4 Å². The zero-order valence-electron chi connectivity index (χ0n) is 4.22. The summed E-state index contributed by atoms with van der Waals surface area (Å²) in [6, 6.07) is 0. The summed E-state index contributed by atoms with van der Waals surface area (Å²) >= 11 is 4.15. The molecular weight excluding hydrogens is 131 g/mol. The summed E-state index contributed by atoms with van der Waals surface area (Å²) in [4.78, 5) is 0. The second-order valence-corrected chi connectivity index (χ2v) is 2.27. The average Bonchev–Trinajstić information content (AvgIpc) is 1.69. The predicted molar refractivity (Wildman–Crippen MR) is 40.6 cm³/mol. The standard InChI is InChI=1S/C4H10N2S.Na.H/c7-6-3-1-5-2-4-6;;/h5,7H,1-4H2;;. The quantitative estimate of drug-likeness (QED) is 0.336. The summed E-state index contributed by atoms with van der Waals surface area (Å²) in [6.07, 6.45) is 0. The maximum atomic E-state index is 4.15. The molecule has 0 aromatic carbocycles. The Hall–Kier alpha value is 1.27. The Balaban J connectivity index is 0.000000490. The van der Waals surface area contributed by atoms with Gasteiger partial charge in [-0.25, -0.2) is 0 Å². The van der Waals surface area contributed by atoms with E-state index in [9.17, 15) is 0 Å². The topological polar surface area (TPSA) is 15.3 Å². The van der Waals surface area contributed by atoms with E-state index in [0.717, 1.165) is 26.2 Å². The molecule has 1 N–H and O–H groups in total. The van der Waals surface area contributed by atoms with Crippen LogP contribution in [0.15, 0.2) is 0 Å². The van der Waals surface area contributed by atoms with Gasteiger partial charge in [-0.3, -0.25) is 4.31 Å². The normalized spacial score (nSPS) is 22.1. The van der Waals surface area contributed by atoms with Crippen LogP contribution in [0, 0.1) is 0 Å². The zero-order chi connectivity index (χ0) is 5.11. The molecule has 0 amide bonds. The Morgan fingerprint density at radius 1 is 1.25 bits per heavy atom. The van der Waals surface area contributed by atoms with Crippen molar-refractivity contribution in [3.63, 3.8) is 0 Å². The van der Waals surface area contributed by atoms with Crippen molar-refractivity contribution in [2.75, 3.05) is 26.2 Å². The van der Waals surface area contributed by atoms with Gasteiger partial charge in [0, 0.05) is 26.2 Å². The SMILES string of the molecule is SN1CCNCC1.[NaH]. The van der Waals surface area contributed by atoms with Gasteiger partial charge < -0.3 is 5.32 Å². The molecule has 4 heteroatoms. The second-order valence-electron chi connectivity index (χ2n) is 1.70. The van der Waals surface area contributed by atoms with Crippen molar-refractivity contribution in [1.29, 1.82) is 0 Å². The first kappa shape index (κ1) is 9.27. The van der Waals surface area contributed by atoms with E-state index >= 15 is 0 Å². The van der Waals surface area contributed by atoms with Gasteiger partial charge in [0.15, 0.2) is 0 Å². The molecule has 1 aliphatic heterocycles. The van der Waals surface area contributed by atoms with E-state index in [0.29, 0.717) is 0 Å². The van der Waals surface area contributed by atoms with Crippen molar-refractivity contribution in [2.45, 2.75) is 0 Å². The van der Waals surface area contributed by atoms with Gasteiger partial charge in [-0.2, -0.15) is 0 Å². The molecule has 0 unspecified atom stereocenters. The molecule has 1 fully saturated rings. The van der Waals surface area contributed by atoms with Gasteiger partial charge in [-0.15, -0.1) is 0 Å². The molecule has 0 aromatic heterocycles. The third-order valence-electron chi connectivity index (χ3n) is 1.09. The maximum absolute atomic E-state index is 4.15. The molecular formula is C4H11N2NaS.